The number of methoxy groups -OCH3 is 1. The van der Waals surface area contributed by atoms with Crippen molar-refractivity contribution in [3.05, 3.63) is 90.0 Å². The quantitative estimate of drug-likeness (QED) is 0.397. The van der Waals surface area contributed by atoms with Crippen LogP contribution in [0.3, 0.4) is 0 Å². The molecular weight excluding hydrogens is 343 g/mol. The lowest BCUT2D eigenvalue weighted by Gasteiger charge is -2.22. The zero-order valence-corrected chi connectivity index (χ0v) is 15.6. The van der Waals surface area contributed by atoms with Gasteiger partial charge >= 0.3 is 5.97 Å². The van der Waals surface area contributed by atoms with Crippen molar-refractivity contribution in [1.82, 2.24) is 0 Å². The van der Waals surface area contributed by atoms with Crippen LogP contribution in [-0.2, 0) is 4.74 Å². The van der Waals surface area contributed by atoms with E-state index in [4.69, 9.17) is 4.74 Å². The zero-order valence-electron chi connectivity index (χ0n) is 14.7. The van der Waals surface area contributed by atoms with Crippen molar-refractivity contribution in [3.63, 3.8) is 0 Å². The second-order valence-electron chi connectivity index (χ2n) is 5.79. The molecule has 0 aliphatic carbocycles. The van der Waals surface area contributed by atoms with Crippen LogP contribution < -0.4 is 15.9 Å². The van der Waals surface area contributed by atoms with Crippen LogP contribution in [0, 0.1) is 0 Å². The van der Waals surface area contributed by atoms with Crippen molar-refractivity contribution in [2.75, 3.05) is 7.11 Å². The summed E-state index contributed by atoms with van der Waals surface area (Å²) >= 11 is 0. The van der Waals surface area contributed by atoms with Crippen molar-refractivity contribution in [3.8, 4) is 0 Å². The van der Waals surface area contributed by atoms with E-state index in [1.807, 2.05) is 42.5 Å². The fraction of sp³-hybridized carbons (Fsp3) is 0.0909. The van der Waals surface area contributed by atoms with Gasteiger partial charge in [0.25, 0.3) is 0 Å². The van der Waals surface area contributed by atoms with E-state index in [1.54, 1.807) is 12.1 Å². The van der Waals surface area contributed by atoms with Crippen LogP contribution >= 0.6 is 7.92 Å². The smallest absolute Gasteiger partial charge is 0.338 e. The van der Waals surface area contributed by atoms with Gasteiger partial charge in [0.05, 0.1) is 12.7 Å². The lowest BCUT2D eigenvalue weighted by molar-refractivity contribution is 0.0602. The molecule has 0 saturated heterocycles. The summed E-state index contributed by atoms with van der Waals surface area (Å²) < 4.78 is 4.99. The van der Waals surface area contributed by atoms with Gasteiger partial charge in [0.1, 0.15) is 0 Å². The Morgan fingerprint density at radius 2 is 1.35 bits per heavy atom. The maximum Gasteiger partial charge on any atom is 0.338 e. The number of ketones is 1. The molecule has 3 rings (SSSR count). The van der Waals surface area contributed by atoms with Crippen LogP contribution in [0.2, 0.25) is 0 Å². The molecule has 0 aromatic heterocycles. The first kappa shape index (κ1) is 18.0. The predicted molar refractivity (Wildman–Crippen MR) is 106 cm³/mol. The minimum atomic E-state index is -0.999. The largest absolute Gasteiger partial charge is 0.465 e. The van der Waals surface area contributed by atoms with Crippen molar-refractivity contribution in [1.29, 1.82) is 0 Å². The summed E-state index contributed by atoms with van der Waals surface area (Å²) in [4.78, 5) is 24.3. The fourth-order valence-electron chi connectivity index (χ4n) is 2.80. The third-order valence-electron chi connectivity index (χ3n) is 4.08. The minimum absolute atomic E-state index is 0.0289. The number of carbonyl (C=O) groups is 2. The molecule has 0 fully saturated rings. The Kier molecular flexibility index (Phi) is 5.60. The number of hydrogen-bond donors (Lipinski definition) is 0. The van der Waals surface area contributed by atoms with E-state index in [0.717, 1.165) is 15.9 Å². The first-order chi connectivity index (χ1) is 12.6. The summed E-state index contributed by atoms with van der Waals surface area (Å²) in [6.07, 6.45) is 0. The molecule has 0 aliphatic heterocycles. The Bertz CT molecular complexity index is 881. The van der Waals surface area contributed by atoms with Crippen LogP contribution in [0.1, 0.15) is 27.6 Å². The molecule has 130 valence electrons. The Morgan fingerprint density at radius 1 is 0.808 bits per heavy atom. The Hall–Kier alpha value is -2.77. The van der Waals surface area contributed by atoms with Gasteiger partial charge in [-0.2, -0.15) is 0 Å². The van der Waals surface area contributed by atoms with Crippen molar-refractivity contribution < 1.29 is 14.3 Å². The number of benzene rings is 3. The van der Waals surface area contributed by atoms with Crippen LogP contribution in [-0.4, -0.2) is 18.9 Å². The Morgan fingerprint density at radius 3 is 1.81 bits per heavy atom. The third-order valence-corrected chi connectivity index (χ3v) is 6.56. The molecule has 0 unspecified atom stereocenters. The molecule has 0 radical (unpaired) electrons. The molecule has 0 bridgehead atoms. The lowest BCUT2D eigenvalue weighted by Crippen LogP contribution is -2.26. The van der Waals surface area contributed by atoms with Gasteiger partial charge in [-0.1, -0.05) is 66.7 Å². The fourth-order valence-corrected chi connectivity index (χ4v) is 5.27. The SMILES string of the molecule is COC(=O)c1ccc(C(C)=O)cc1P(c1ccccc1)c1ccccc1. The highest BCUT2D eigenvalue weighted by molar-refractivity contribution is 7.80. The molecule has 3 aromatic carbocycles. The molecule has 0 atom stereocenters. The van der Waals surface area contributed by atoms with Gasteiger partial charge in [-0.25, -0.2) is 4.79 Å². The average molecular weight is 362 g/mol. The zero-order chi connectivity index (χ0) is 18.5. The summed E-state index contributed by atoms with van der Waals surface area (Å²) in [7, 11) is 0.374. The van der Waals surface area contributed by atoms with Crippen LogP contribution in [0.25, 0.3) is 0 Å². The average Bonchev–Trinajstić information content (AvgIpc) is 2.69. The first-order valence-electron chi connectivity index (χ1n) is 8.25. The van der Waals surface area contributed by atoms with Crippen molar-refractivity contribution in [2.24, 2.45) is 0 Å². The van der Waals surface area contributed by atoms with Crippen LogP contribution in [0.15, 0.2) is 78.9 Å². The van der Waals surface area contributed by atoms with Gasteiger partial charge in [-0.05, 0) is 37.6 Å². The summed E-state index contributed by atoms with van der Waals surface area (Å²) in [5, 5.41) is 3.05. The molecule has 3 aromatic rings. The topological polar surface area (TPSA) is 43.4 Å². The maximum atomic E-state index is 12.4. The molecule has 3 nitrogen and oxygen atoms in total. The van der Waals surface area contributed by atoms with Gasteiger partial charge in [-0.15, -0.1) is 0 Å². The highest BCUT2D eigenvalue weighted by atomic mass is 31.1. The predicted octanol–water partition coefficient (Wildman–Crippen LogP) is 3.43. The first-order valence-corrected chi connectivity index (χ1v) is 9.59. The molecule has 26 heavy (non-hydrogen) atoms. The molecular formula is C22H19O3P. The van der Waals surface area contributed by atoms with E-state index in [1.165, 1.54) is 14.0 Å². The van der Waals surface area contributed by atoms with Gasteiger partial charge in [0, 0.05) is 10.9 Å². The number of hydrogen-bond acceptors (Lipinski definition) is 3. The Labute approximate surface area is 154 Å². The van der Waals surface area contributed by atoms with E-state index < -0.39 is 13.9 Å². The number of esters is 1. The maximum absolute atomic E-state index is 12.4. The van der Waals surface area contributed by atoms with Gasteiger partial charge in [0.15, 0.2) is 5.78 Å². The van der Waals surface area contributed by atoms with Crippen LogP contribution in [0.4, 0.5) is 0 Å². The molecule has 0 spiro atoms. The minimum Gasteiger partial charge on any atom is -0.465 e. The van der Waals surface area contributed by atoms with E-state index in [9.17, 15) is 9.59 Å². The second kappa shape index (κ2) is 8.07. The van der Waals surface area contributed by atoms with E-state index in [0.29, 0.717) is 11.1 Å². The third kappa shape index (κ3) is 3.74. The highest BCUT2D eigenvalue weighted by Crippen LogP contribution is 2.34. The van der Waals surface area contributed by atoms with E-state index in [-0.39, 0.29) is 5.78 Å². The number of ether oxygens (including phenoxy) is 1. The number of carbonyl (C=O) groups excluding carboxylic acids is 2. The van der Waals surface area contributed by atoms with E-state index in [2.05, 4.69) is 24.3 Å². The lowest BCUT2D eigenvalue weighted by atomic mass is 10.1. The summed E-state index contributed by atoms with van der Waals surface area (Å²) in [5.41, 5.74) is 1.09. The standard InChI is InChI=1S/C22H19O3P/c1-16(23)17-13-14-20(22(24)25-2)21(15-17)26(18-9-5-3-6-10-18)19-11-7-4-8-12-19/h3-15H,1-2H3. The molecule has 0 amide bonds. The van der Waals surface area contributed by atoms with Gasteiger partial charge < -0.3 is 4.74 Å². The molecule has 4 heteroatoms. The normalized spacial score (nSPS) is 10.6. The molecule has 0 N–H and O–H groups in total. The molecule has 0 aliphatic rings. The van der Waals surface area contributed by atoms with Crippen molar-refractivity contribution in [2.45, 2.75) is 6.92 Å². The Balaban J connectivity index is 2.28. The summed E-state index contributed by atoms with van der Waals surface area (Å²) in [6, 6.07) is 25.3. The molecule has 0 heterocycles. The van der Waals surface area contributed by atoms with Crippen LogP contribution in [0.5, 0.6) is 0 Å². The number of rotatable bonds is 5. The van der Waals surface area contributed by atoms with Gasteiger partial charge in [-0.3, -0.25) is 4.79 Å². The molecule has 0 saturated carbocycles. The summed E-state index contributed by atoms with van der Waals surface area (Å²) in [5.74, 6) is -0.423. The monoisotopic (exact) mass is 362 g/mol. The summed E-state index contributed by atoms with van der Waals surface area (Å²) in [6.45, 7) is 1.53. The second-order valence-corrected chi connectivity index (χ2v) is 7.97. The van der Waals surface area contributed by atoms with E-state index >= 15 is 0 Å². The van der Waals surface area contributed by atoms with Gasteiger partial charge in [0.2, 0.25) is 0 Å². The van der Waals surface area contributed by atoms with Crippen molar-refractivity contribution >= 4 is 35.6 Å². The number of Topliss-reactive ketones (excluding diaryl/α,β-unsaturated/α-hetero) is 1. The highest BCUT2D eigenvalue weighted by Gasteiger charge is 2.24.